The van der Waals surface area contributed by atoms with Gasteiger partial charge in [0.1, 0.15) is 0 Å². The molecule has 20 heavy (non-hydrogen) atoms. The molecular weight excluding hydrogens is 254 g/mol. The van der Waals surface area contributed by atoms with Gasteiger partial charge in [-0.25, -0.2) is 0 Å². The average Bonchev–Trinajstić information content (AvgIpc) is 3.28. The molecule has 0 radical (unpaired) electrons. The lowest BCUT2D eigenvalue weighted by Gasteiger charge is -2.16. The number of nitrogens with zero attached hydrogens (tertiary/aromatic N) is 2. The number of fused-ring (bicyclic) bond motifs is 1. The lowest BCUT2D eigenvalue weighted by molar-refractivity contribution is -0.383. The second-order valence-corrected chi connectivity index (χ2v) is 5.36. The molecule has 1 aliphatic rings. The highest BCUT2D eigenvalue weighted by Crippen LogP contribution is 2.35. The largest absolute Gasteiger partial charge is 0.316 e. The Morgan fingerprint density at radius 3 is 2.85 bits per heavy atom. The second kappa shape index (κ2) is 5.17. The molecule has 0 amide bonds. The summed E-state index contributed by atoms with van der Waals surface area (Å²) < 4.78 is 0. The maximum Gasteiger partial charge on any atom is 0.278 e. The van der Waals surface area contributed by atoms with Crippen LogP contribution in [0.1, 0.15) is 18.4 Å². The van der Waals surface area contributed by atoms with Crippen molar-refractivity contribution in [2.24, 2.45) is 5.92 Å². The number of hydrogen-bond acceptors (Lipinski definition) is 4. The summed E-state index contributed by atoms with van der Waals surface area (Å²) in [6.07, 6.45) is 6.74. The van der Waals surface area contributed by atoms with Crippen molar-refractivity contribution in [2.45, 2.75) is 25.3 Å². The number of benzene rings is 1. The molecular formula is C15H17N3O2. The monoisotopic (exact) mass is 271 g/mol. The highest BCUT2D eigenvalue weighted by molar-refractivity contribution is 5.92. The number of pyridine rings is 1. The molecule has 3 rings (SSSR count). The minimum Gasteiger partial charge on any atom is -0.316 e. The van der Waals surface area contributed by atoms with Crippen molar-refractivity contribution < 1.29 is 4.92 Å². The zero-order valence-corrected chi connectivity index (χ0v) is 11.4. The van der Waals surface area contributed by atoms with Gasteiger partial charge >= 0.3 is 0 Å². The van der Waals surface area contributed by atoms with Crippen LogP contribution in [0.3, 0.4) is 0 Å². The first kappa shape index (κ1) is 13.0. The number of hydrogen-bond donors (Lipinski definition) is 1. The Labute approximate surface area is 117 Å². The molecule has 104 valence electrons. The topological polar surface area (TPSA) is 68.1 Å². The third-order valence-electron chi connectivity index (χ3n) is 4.08. The summed E-state index contributed by atoms with van der Waals surface area (Å²) in [6, 6.07) is 5.80. The fourth-order valence-corrected chi connectivity index (χ4v) is 2.81. The molecule has 1 unspecified atom stereocenters. The van der Waals surface area contributed by atoms with Crippen LogP contribution in [0.4, 0.5) is 5.69 Å². The van der Waals surface area contributed by atoms with E-state index in [1.54, 1.807) is 18.5 Å². The Kier molecular flexibility index (Phi) is 3.36. The van der Waals surface area contributed by atoms with Crippen LogP contribution in [0.2, 0.25) is 0 Å². The molecule has 1 saturated carbocycles. The van der Waals surface area contributed by atoms with Gasteiger partial charge in [-0.1, -0.05) is 6.07 Å². The number of rotatable bonds is 5. The van der Waals surface area contributed by atoms with Crippen molar-refractivity contribution in [3.8, 4) is 0 Å². The van der Waals surface area contributed by atoms with Gasteiger partial charge in [0.25, 0.3) is 5.69 Å². The normalized spacial score (nSPS) is 16.2. The first-order valence-corrected chi connectivity index (χ1v) is 6.88. The highest BCUT2D eigenvalue weighted by atomic mass is 16.6. The number of likely N-dealkylation sites (N-methyl/N-ethyl adjacent to an activating group) is 1. The van der Waals surface area contributed by atoms with Crippen LogP contribution in [0.5, 0.6) is 0 Å². The molecule has 1 aromatic carbocycles. The van der Waals surface area contributed by atoms with E-state index in [0.29, 0.717) is 11.4 Å². The van der Waals surface area contributed by atoms with Crippen LogP contribution in [-0.2, 0) is 6.42 Å². The summed E-state index contributed by atoms with van der Waals surface area (Å²) >= 11 is 0. The van der Waals surface area contributed by atoms with Crippen molar-refractivity contribution >= 4 is 16.5 Å². The van der Waals surface area contributed by atoms with E-state index in [1.807, 2.05) is 19.2 Å². The minimum atomic E-state index is -0.343. The van der Waals surface area contributed by atoms with Gasteiger partial charge in [0.05, 0.1) is 10.3 Å². The molecule has 1 heterocycles. The van der Waals surface area contributed by atoms with Crippen molar-refractivity contribution in [3.05, 3.63) is 46.3 Å². The van der Waals surface area contributed by atoms with Crippen molar-refractivity contribution in [3.63, 3.8) is 0 Å². The molecule has 2 aromatic rings. The minimum absolute atomic E-state index is 0.129. The summed E-state index contributed by atoms with van der Waals surface area (Å²) in [5.74, 6) is 0.743. The van der Waals surface area contributed by atoms with E-state index in [0.717, 1.165) is 23.3 Å². The summed E-state index contributed by atoms with van der Waals surface area (Å²) in [7, 11) is 1.98. The summed E-state index contributed by atoms with van der Waals surface area (Å²) in [6.45, 7) is 0. The summed E-state index contributed by atoms with van der Waals surface area (Å²) in [5, 5.41) is 16.0. The first-order chi connectivity index (χ1) is 9.70. The zero-order valence-electron chi connectivity index (χ0n) is 11.4. The van der Waals surface area contributed by atoms with Gasteiger partial charge in [-0.2, -0.15) is 0 Å². The average molecular weight is 271 g/mol. The van der Waals surface area contributed by atoms with E-state index in [9.17, 15) is 10.1 Å². The maximum atomic E-state index is 11.1. The molecule has 0 spiro atoms. The van der Waals surface area contributed by atoms with E-state index >= 15 is 0 Å². The van der Waals surface area contributed by atoms with E-state index in [1.165, 1.54) is 12.8 Å². The molecule has 0 aliphatic heterocycles. The standard InChI is InChI=1S/C15H17N3O2/c1-16-14(10-2-3-10)8-11-4-5-15(18(19)20)13-9-17-7-6-12(11)13/h4-7,9-10,14,16H,2-3,8H2,1H3. The van der Waals surface area contributed by atoms with Crippen LogP contribution in [0, 0.1) is 16.0 Å². The second-order valence-electron chi connectivity index (χ2n) is 5.36. The third-order valence-corrected chi connectivity index (χ3v) is 4.08. The quantitative estimate of drug-likeness (QED) is 0.670. The SMILES string of the molecule is CNC(Cc1ccc([N+](=O)[O-])c2cnccc12)C1CC1. The highest BCUT2D eigenvalue weighted by Gasteiger charge is 2.30. The van der Waals surface area contributed by atoms with E-state index in [-0.39, 0.29) is 10.6 Å². The number of non-ortho nitro benzene ring substituents is 1. The molecule has 1 atom stereocenters. The summed E-state index contributed by atoms with van der Waals surface area (Å²) in [4.78, 5) is 14.8. The smallest absolute Gasteiger partial charge is 0.278 e. The zero-order chi connectivity index (χ0) is 14.1. The predicted molar refractivity (Wildman–Crippen MR) is 77.7 cm³/mol. The number of nitro benzene ring substituents is 1. The van der Waals surface area contributed by atoms with Crippen LogP contribution in [0.25, 0.3) is 10.8 Å². The van der Waals surface area contributed by atoms with Gasteiger partial charge in [-0.3, -0.25) is 15.1 Å². The van der Waals surface area contributed by atoms with Gasteiger partial charge in [-0.15, -0.1) is 0 Å². The van der Waals surface area contributed by atoms with Crippen molar-refractivity contribution in [1.29, 1.82) is 0 Å². The fourth-order valence-electron chi connectivity index (χ4n) is 2.81. The van der Waals surface area contributed by atoms with E-state index in [2.05, 4.69) is 10.3 Å². The molecule has 1 aromatic heterocycles. The number of nitrogens with one attached hydrogen (secondary N) is 1. The van der Waals surface area contributed by atoms with Crippen LogP contribution < -0.4 is 5.32 Å². The van der Waals surface area contributed by atoms with Crippen LogP contribution >= 0.6 is 0 Å². The molecule has 0 bridgehead atoms. The molecule has 1 fully saturated rings. The Hall–Kier alpha value is -2.01. The van der Waals surface area contributed by atoms with Crippen molar-refractivity contribution in [2.75, 3.05) is 7.05 Å². The van der Waals surface area contributed by atoms with Crippen LogP contribution in [0.15, 0.2) is 30.6 Å². The third kappa shape index (κ3) is 2.36. The molecule has 1 N–H and O–H groups in total. The maximum absolute atomic E-state index is 11.1. The molecule has 5 nitrogen and oxygen atoms in total. The summed E-state index contributed by atoms with van der Waals surface area (Å²) in [5.41, 5.74) is 1.28. The number of nitro groups is 1. The van der Waals surface area contributed by atoms with Gasteiger partial charge in [0, 0.05) is 24.5 Å². The molecule has 5 heteroatoms. The fraction of sp³-hybridized carbons (Fsp3) is 0.400. The predicted octanol–water partition coefficient (Wildman–Crippen LogP) is 2.68. The lowest BCUT2D eigenvalue weighted by atomic mass is 9.97. The lowest BCUT2D eigenvalue weighted by Crippen LogP contribution is -2.29. The first-order valence-electron chi connectivity index (χ1n) is 6.88. The number of aromatic nitrogens is 1. The van der Waals surface area contributed by atoms with Gasteiger partial charge in [-0.05, 0) is 49.2 Å². The Bertz CT molecular complexity index is 653. The van der Waals surface area contributed by atoms with Gasteiger partial charge < -0.3 is 5.32 Å². The Morgan fingerprint density at radius 1 is 1.40 bits per heavy atom. The van der Waals surface area contributed by atoms with Gasteiger partial charge in [0.2, 0.25) is 0 Å². The van der Waals surface area contributed by atoms with Crippen LogP contribution in [-0.4, -0.2) is 23.0 Å². The van der Waals surface area contributed by atoms with Gasteiger partial charge in [0.15, 0.2) is 0 Å². The Balaban J connectivity index is 2.03. The van der Waals surface area contributed by atoms with Crippen molar-refractivity contribution in [1.82, 2.24) is 10.3 Å². The molecule has 0 saturated heterocycles. The van der Waals surface area contributed by atoms with E-state index < -0.39 is 0 Å². The Morgan fingerprint density at radius 2 is 2.20 bits per heavy atom. The molecule has 1 aliphatic carbocycles. The van der Waals surface area contributed by atoms with E-state index in [4.69, 9.17) is 0 Å².